The molecule has 1 aliphatic rings. The van der Waals surface area contributed by atoms with Crippen molar-refractivity contribution in [3.05, 3.63) is 29.8 Å². The molecule has 0 bridgehead atoms. The Morgan fingerprint density at radius 2 is 1.76 bits per heavy atom. The van der Waals surface area contributed by atoms with Crippen LogP contribution in [-0.4, -0.2) is 43.7 Å². The van der Waals surface area contributed by atoms with E-state index in [0.717, 1.165) is 26.2 Å². The normalized spacial score (nSPS) is 23.8. The molecule has 118 valence electrons. The van der Waals surface area contributed by atoms with Gasteiger partial charge in [-0.05, 0) is 45.0 Å². The standard InChI is InChI=1S/C18H31N3/c1-14(2)10-19-11-17-8-6-7-9-18(17)21-12-15(3)20(5)16(4)13-21/h6-9,14-16,19H,10-13H2,1-5H3. The zero-order valence-corrected chi connectivity index (χ0v) is 14.3. The van der Waals surface area contributed by atoms with Crippen LogP contribution in [-0.2, 0) is 6.54 Å². The summed E-state index contributed by atoms with van der Waals surface area (Å²) in [6, 6.07) is 10.1. The molecule has 1 aliphatic heterocycles. The minimum absolute atomic E-state index is 0.602. The van der Waals surface area contributed by atoms with Crippen LogP contribution >= 0.6 is 0 Å². The molecule has 21 heavy (non-hydrogen) atoms. The summed E-state index contributed by atoms with van der Waals surface area (Å²) >= 11 is 0. The number of piperazine rings is 1. The van der Waals surface area contributed by atoms with Gasteiger partial charge in [0.15, 0.2) is 0 Å². The first-order valence-corrected chi connectivity index (χ1v) is 8.24. The number of para-hydroxylation sites is 1. The van der Waals surface area contributed by atoms with E-state index in [4.69, 9.17) is 0 Å². The van der Waals surface area contributed by atoms with Crippen LogP contribution in [0.5, 0.6) is 0 Å². The Hall–Kier alpha value is -1.06. The molecule has 1 fully saturated rings. The number of likely N-dealkylation sites (N-methyl/N-ethyl adjacent to an activating group) is 1. The molecular formula is C18H31N3. The topological polar surface area (TPSA) is 18.5 Å². The SMILES string of the molecule is CC(C)CNCc1ccccc1N1CC(C)N(C)C(C)C1. The number of rotatable bonds is 5. The lowest BCUT2D eigenvalue weighted by Gasteiger charge is -2.44. The minimum Gasteiger partial charge on any atom is -0.368 e. The summed E-state index contributed by atoms with van der Waals surface area (Å²) in [5, 5.41) is 3.57. The number of anilines is 1. The van der Waals surface area contributed by atoms with Gasteiger partial charge < -0.3 is 10.2 Å². The van der Waals surface area contributed by atoms with Crippen LogP contribution in [0.2, 0.25) is 0 Å². The molecule has 0 aliphatic carbocycles. The van der Waals surface area contributed by atoms with Crippen LogP contribution in [0.3, 0.4) is 0 Å². The van der Waals surface area contributed by atoms with Crippen molar-refractivity contribution in [2.24, 2.45) is 5.92 Å². The third-order valence-electron chi connectivity index (χ3n) is 4.56. The van der Waals surface area contributed by atoms with Gasteiger partial charge in [-0.25, -0.2) is 0 Å². The highest BCUT2D eigenvalue weighted by molar-refractivity contribution is 5.54. The third kappa shape index (κ3) is 4.21. The molecule has 1 saturated heterocycles. The number of benzene rings is 1. The Balaban J connectivity index is 2.08. The van der Waals surface area contributed by atoms with Crippen LogP contribution in [0.4, 0.5) is 5.69 Å². The molecule has 2 atom stereocenters. The Labute approximate surface area is 130 Å². The van der Waals surface area contributed by atoms with Gasteiger partial charge >= 0.3 is 0 Å². The first-order valence-electron chi connectivity index (χ1n) is 8.24. The average Bonchev–Trinajstić information content (AvgIpc) is 2.44. The van der Waals surface area contributed by atoms with E-state index in [1.54, 1.807) is 0 Å². The van der Waals surface area contributed by atoms with Gasteiger partial charge in [-0.15, -0.1) is 0 Å². The molecule has 0 amide bonds. The van der Waals surface area contributed by atoms with Gasteiger partial charge in [0.2, 0.25) is 0 Å². The summed E-state index contributed by atoms with van der Waals surface area (Å²) in [6.07, 6.45) is 0. The van der Waals surface area contributed by atoms with Gasteiger partial charge in [-0.3, -0.25) is 4.90 Å². The van der Waals surface area contributed by atoms with Crippen LogP contribution in [0.15, 0.2) is 24.3 Å². The highest BCUT2D eigenvalue weighted by atomic mass is 15.3. The van der Waals surface area contributed by atoms with E-state index >= 15 is 0 Å². The summed E-state index contributed by atoms with van der Waals surface area (Å²) in [4.78, 5) is 5.04. The Bertz CT molecular complexity index is 432. The summed E-state index contributed by atoms with van der Waals surface area (Å²) in [6.45, 7) is 13.4. The van der Waals surface area contributed by atoms with Crippen molar-refractivity contribution in [1.29, 1.82) is 0 Å². The van der Waals surface area contributed by atoms with Gasteiger partial charge in [0.1, 0.15) is 0 Å². The Kier molecular flexibility index (Phi) is 5.65. The van der Waals surface area contributed by atoms with Crippen molar-refractivity contribution in [2.75, 3.05) is 31.6 Å². The highest BCUT2D eigenvalue weighted by Crippen LogP contribution is 2.25. The molecule has 2 rings (SSSR count). The number of hydrogen-bond donors (Lipinski definition) is 1. The van der Waals surface area contributed by atoms with E-state index in [9.17, 15) is 0 Å². The maximum absolute atomic E-state index is 3.57. The Morgan fingerprint density at radius 1 is 1.14 bits per heavy atom. The van der Waals surface area contributed by atoms with E-state index in [0.29, 0.717) is 18.0 Å². The molecule has 0 aromatic heterocycles. The van der Waals surface area contributed by atoms with Crippen molar-refractivity contribution >= 4 is 5.69 Å². The number of hydrogen-bond acceptors (Lipinski definition) is 3. The minimum atomic E-state index is 0.602. The summed E-state index contributed by atoms with van der Waals surface area (Å²) in [5.74, 6) is 0.695. The quantitative estimate of drug-likeness (QED) is 0.899. The predicted molar refractivity (Wildman–Crippen MR) is 91.9 cm³/mol. The lowest BCUT2D eigenvalue weighted by molar-refractivity contribution is 0.170. The zero-order chi connectivity index (χ0) is 15.4. The first kappa shape index (κ1) is 16.3. The van der Waals surface area contributed by atoms with Crippen molar-refractivity contribution in [3.63, 3.8) is 0 Å². The van der Waals surface area contributed by atoms with E-state index in [1.807, 2.05) is 0 Å². The second-order valence-corrected chi connectivity index (χ2v) is 6.92. The van der Waals surface area contributed by atoms with Crippen LogP contribution in [0, 0.1) is 5.92 Å². The van der Waals surface area contributed by atoms with Crippen LogP contribution < -0.4 is 10.2 Å². The van der Waals surface area contributed by atoms with Crippen molar-refractivity contribution < 1.29 is 0 Å². The largest absolute Gasteiger partial charge is 0.368 e. The summed E-state index contributed by atoms with van der Waals surface area (Å²) < 4.78 is 0. The van der Waals surface area contributed by atoms with Crippen LogP contribution in [0.1, 0.15) is 33.3 Å². The van der Waals surface area contributed by atoms with E-state index in [1.165, 1.54) is 11.3 Å². The van der Waals surface area contributed by atoms with E-state index in [2.05, 4.69) is 74.1 Å². The third-order valence-corrected chi connectivity index (χ3v) is 4.56. The average molecular weight is 289 g/mol. The molecule has 1 aromatic carbocycles. The first-order chi connectivity index (χ1) is 9.99. The Morgan fingerprint density at radius 3 is 2.38 bits per heavy atom. The zero-order valence-electron chi connectivity index (χ0n) is 14.3. The summed E-state index contributed by atoms with van der Waals surface area (Å²) in [7, 11) is 2.24. The van der Waals surface area contributed by atoms with Crippen molar-refractivity contribution in [2.45, 2.75) is 46.3 Å². The van der Waals surface area contributed by atoms with Gasteiger partial charge in [0, 0.05) is 37.4 Å². The molecule has 0 saturated carbocycles. The smallest absolute Gasteiger partial charge is 0.0412 e. The fourth-order valence-corrected chi connectivity index (χ4v) is 3.07. The van der Waals surface area contributed by atoms with Gasteiger partial charge in [-0.1, -0.05) is 32.0 Å². The fourth-order valence-electron chi connectivity index (χ4n) is 3.07. The lowest BCUT2D eigenvalue weighted by atomic mass is 10.1. The van der Waals surface area contributed by atoms with Gasteiger partial charge in [0.05, 0.1) is 0 Å². The number of nitrogens with one attached hydrogen (secondary N) is 1. The van der Waals surface area contributed by atoms with Crippen molar-refractivity contribution in [1.82, 2.24) is 10.2 Å². The maximum Gasteiger partial charge on any atom is 0.0412 e. The fraction of sp³-hybridized carbons (Fsp3) is 0.667. The molecule has 1 aromatic rings. The van der Waals surface area contributed by atoms with Crippen LogP contribution in [0.25, 0.3) is 0 Å². The molecule has 0 spiro atoms. The number of nitrogens with zero attached hydrogens (tertiary/aromatic N) is 2. The second kappa shape index (κ2) is 7.28. The molecular weight excluding hydrogens is 258 g/mol. The molecule has 1 N–H and O–H groups in total. The summed E-state index contributed by atoms with van der Waals surface area (Å²) in [5.41, 5.74) is 2.82. The lowest BCUT2D eigenvalue weighted by Crippen LogP contribution is -2.55. The van der Waals surface area contributed by atoms with E-state index in [-0.39, 0.29) is 0 Å². The molecule has 1 heterocycles. The second-order valence-electron chi connectivity index (χ2n) is 6.92. The molecule has 3 heteroatoms. The van der Waals surface area contributed by atoms with Gasteiger partial charge in [0.25, 0.3) is 0 Å². The monoisotopic (exact) mass is 289 g/mol. The van der Waals surface area contributed by atoms with Crippen molar-refractivity contribution in [3.8, 4) is 0 Å². The molecule has 3 nitrogen and oxygen atoms in total. The maximum atomic E-state index is 3.57. The van der Waals surface area contributed by atoms with Gasteiger partial charge in [-0.2, -0.15) is 0 Å². The molecule has 0 radical (unpaired) electrons. The highest BCUT2D eigenvalue weighted by Gasteiger charge is 2.27. The molecule has 2 unspecified atom stereocenters. The predicted octanol–water partition coefficient (Wildman–Crippen LogP) is 2.96. The van der Waals surface area contributed by atoms with E-state index < -0.39 is 0 Å².